The molecule has 0 radical (unpaired) electrons. The minimum Gasteiger partial charge on any atom is -0.493 e. The van der Waals surface area contributed by atoms with Crippen LogP contribution in [0.3, 0.4) is 0 Å². The zero-order valence-corrected chi connectivity index (χ0v) is 12.8. The molecule has 1 aliphatic rings. The fourth-order valence-corrected chi connectivity index (χ4v) is 2.88. The van der Waals surface area contributed by atoms with Crippen molar-refractivity contribution in [2.24, 2.45) is 0 Å². The van der Waals surface area contributed by atoms with Gasteiger partial charge in [-0.1, -0.05) is 17.7 Å². The Morgan fingerprint density at radius 1 is 1.33 bits per heavy atom. The number of piperazine rings is 1. The molecule has 1 aliphatic heterocycles. The molecule has 0 spiro atoms. The minimum absolute atomic E-state index is 0.280. The monoisotopic (exact) mass is 314 g/mol. The number of aliphatic carboxylic acids is 1. The third-order valence-electron chi connectivity index (χ3n) is 3.56. The van der Waals surface area contributed by atoms with Crippen molar-refractivity contribution in [3.8, 4) is 11.5 Å². The van der Waals surface area contributed by atoms with Gasteiger partial charge in [0.1, 0.15) is 6.04 Å². The third kappa shape index (κ3) is 3.23. The summed E-state index contributed by atoms with van der Waals surface area (Å²) in [6.07, 6.45) is 0. The lowest BCUT2D eigenvalue weighted by Gasteiger charge is -2.33. The van der Waals surface area contributed by atoms with Gasteiger partial charge < -0.3 is 19.9 Å². The smallest absolute Gasteiger partial charge is 0.325 e. The Morgan fingerprint density at radius 2 is 2.00 bits per heavy atom. The molecule has 21 heavy (non-hydrogen) atoms. The second-order valence-electron chi connectivity index (χ2n) is 4.73. The maximum absolute atomic E-state index is 11.7. The summed E-state index contributed by atoms with van der Waals surface area (Å²) in [5.74, 6) is -0.0835. The first kappa shape index (κ1) is 15.9. The van der Waals surface area contributed by atoms with E-state index in [4.69, 9.17) is 21.1 Å². The van der Waals surface area contributed by atoms with Crippen LogP contribution in [0.5, 0.6) is 11.5 Å². The molecular formula is C14H19ClN2O4. The van der Waals surface area contributed by atoms with Crippen molar-refractivity contribution < 1.29 is 19.4 Å². The minimum atomic E-state index is -0.925. The number of carbonyl (C=O) groups is 1. The molecule has 6 nitrogen and oxygen atoms in total. The van der Waals surface area contributed by atoms with Gasteiger partial charge in [0, 0.05) is 31.7 Å². The van der Waals surface area contributed by atoms with Crippen molar-refractivity contribution in [3.63, 3.8) is 0 Å². The van der Waals surface area contributed by atoms with Gasteiger partial charge in [0.25, 0.3) is 0 Å². The molecule has 0 aliphatic carbocycles. The Balaban J connectivity index is 2.43. The van der Waals surface area contributed by atoms with Gasteiger partial charge in [0.2, 0.25) is 0 Å². The quantitative estimate of drug-likeness (QED) is 0.856. The Kier molecular flexibility index (Phi) is 5.27. The van der Waals surface area contributed by atoms with E-state index in [-0.39, 0.29) is 5.02 Å². The molecule has 0 saturated carbocycles. The molecule has 0 amide bonds. The maximum Gasteiger partial charge on any atom is 0.325 e. The summed E-state index contributed by atoms with van der Waals surface area (Å²) in [6, 6.07) is 2.57. The van der Waals surface area contributed by atoms with E-state index in [1.807, 2.05) is 4.90 Å². The second kappa shape index (κ2) is 6.98. The Labute approximate surface area is 128 Å². The van der Waals surface area contributed by atoms with Gasteiger partial charge in [-0.2, -0.15) is 0 Å². The van der Waals surface area contributed by atoms with Crippen LogP contribution in [-0.2, 0) is 4.79 Å². The molecule has 1 aromatic carbocycles. The number of methoxy groups -OCH3 is 2. The highest BCUT2D eigenvalue weighted by molar-refractivity contribution is 6.33. The van der Waals surface area contributed by atoms with Crippen LogP contribution in [0.15, 0.2) is 12.1 Å². The van der Waals surface area contributed by atoms with E-state index >= 15 is 0 Å². The van der Waals surface area contributed by atoms with Crippen molar-refractivity contribution in [2.45, 2.75) is 6.04 Å². The van der Waals surface area contributed by atoms with E-state index in [1.54, 1.807) is 12.1 Å². The lowest BCUT2D eigenvalue weighted by molar-refractivity contribution is -0.143. The highest BCUT2D eigenvalue weighted by atomic mass is 35.5. The number of nitrogens with zero attached hydrogens (tertiary/aromatic N) is 1. The number of carboxylic acids is 1. The summed E-state index contributed by atoms with van der Waals surface area (Å²) < 4.78 is 10.4. The molecule has 0 bridgehead atoms. The molecule has 1 unspecified atom stereocenters. The van der Waals surface area contributed by atoms with Crippen LogP contribution in [0.25, 0.3) is 0 Å². The van der Waals surface area contributed by atoms with E-state index in [9.17, 15) is 9.90 Å². The number of rotatable bonds is 5. The van der Waals surface area contributed by atoms with Gasteiger partial charge in [-0.3, -0.25) is 9.69 Å². The predicted molar refractivity (Wildman–Crippen MR) is 79.4 cm³/mol. The van der Waals surface area contributed by atoms with E-state index in [0.717, 1.165) is 13.1 Å². The molecule has 116 valence electrons. The Hall–Kier alpha value is -1.50. The van der Waals surface area contributed by atoms with Crippen LogP contribution >= 0.6 is 11.6 Å². The van der Waals surface area contributed by atoms with Gasteiger partial charge in [0.05, 0.1) is 19.2 Å². The van der Waals surface area contributed by atoms with Crippen molar-refractivity contribution in [3.05, 3.63) is 22.7 Å². The molecule has 1 saturated heterocycles. The van der Waals surface area contributed by atoms with Crippen LogP contribution < -0.4 is 14.8 Å². The number of hydrogen-bond donors (Lipinski definition) is 2. The topological polar surface area (TPSA) is 71.0 Å². The standard InChI is InChI=1S/C14H19ClN2O4/c1-20-10-4-3-9(11(15)13(10)21-2)12(14(18)19)17-7-5-16-6-8-17/h3-4,12,16H,5-8H2,1-2H3,(H,18,19). The number of ether oxygens (including phenoxy) is 2. The van der Waals surface area contributed by atoms with E-state index in [1.165, 1.54) is 14.2 Å². The predicted octanol–water partition coefficient (Wildman–Crippen LogP) is 1.39. The lowest BCUT2D eigenvalue weighted by Crippen LogP contribution is -2.47. The molecular weight excluding hydrogens is 296 g/mol. The summed E-state index contributed by atoms with van der Waals surface area (Å²) in [5, 5.41) is 13.1. The molecule has 1 aromatic rings. The van der Waals surface area contributed by atoms with Crippen molar-refractivity contribution in [1.82, 2.24) is 10.2 Å². The van der Waals surface area contributed by atoms with Crippen LogP contribution in [0, 0.1) is 0 Å². The lowest BCUT2D eigenvalue weighted by atomic mass is 10.0. The molecule has 2 N–H and O–H groups in total. The molecule has 1 atom stereocenters. The third-order valence-corrected chi connectivity index (χ3v) is 3.95. The highest BCUT2D eigenvalue weighted by Gasteiger charge is 2.31. The molecule has 2 rings (SSSR count). The van der Waals surface area contributed by atoms with Crippen molar-refractivity contribution in [2.75, 3.05) is 40.4 Å². The summed E-state index contributed by atoms with van der Waals surface area (Å²) in [7, 11) is 2.99. The Bertz CT molecular complexity index is 518. The fourth-order valence-electron chi connectivity index (χ4n) is 2.54. The zero-order chi connectivity index (χ0) is 15.4. The average Bonchev–Trinajstić information content (AvgIpc) is 2.49. The number of carboxylic acid groups (broad SMARTS) is 1. The second-order valence-corrected chi connectivity index (χ2v) is 5.11. The number of benzene rings is 1. The van der Waals surface area contributed by atoms with Crippen LogP contribution in [0.2, 0.25) is 5.02 Å². The average molecular weight is 315 g/mol. The first-order valence-electron chi connectivity index (χ1n) is 6.68. The largest absolute Gasteiger partial charge is 0.493 e. The van der Waals surface area contributed by atoms with Crippen molar-refractivity contribution in [1.29, 1.82) is 0 Å². The van der Waals surface area contributed by atoms with Crippen molar-refractivity contribution >= 4 is 17.6 Å². The number of nitrogens with one attached hydrogen (secondary N) is 1. The maximum atomic E-state index is 11.7. The summed E-state index contributed by atoms with van der Waals surface area (Å²) in [4.78, 5) is 13.6. The van der Waals surface area contributed by atoms with Crippen LogP contribution in [-0.4, -0.2) is 56.4 Å². The zero-order valence-electron chi connectivity index (χ0n) is 12.1. The van der Waals surface area contributed by atoms with Crippen LogP contribution in [0.4, 0.5) is 0 Å². The summed E-state index contributed by atoms with van der Waals surface area (Å²) >= 11 is 6.34. The fraction of sp³-hybridized carbons (Fsp3) is 0.500. The molecule has 1 heterocycles. The van der Waals surface area contributed by atoms with Gasteiger partial charge in [-0.05, 0) is 6.07 Å². The summed E-state index contributed by atoms with van der Waals surface area (Å²) in [6.45, 7) is 2.83. The van der Waals surface area contributed by atoms with Gasteiger partial charge in [-0.15, -0.1) is 0 Å². The van der Waals surface area contributed by atoms with E-state index < -0.39 is 12.0 Å². The Morgan fingerprint density at radius 3 is 2.52 bits per heavy atom. The van der Waals surface area contributed by atoms with Crippen LogP contribution in [0.1, 0.15) is 11.6 Å². The molecule has 0 aromatic heterocycles. The normalized spacial score (nSPS) is 17.3. The van der Waals surface area contributed by atoms with Gasteiger partial charge in [-0.25, -0.2) is 0 Å². The van der Waals surface area contributed by atoms with E-state index in [0.29, 0.717) is 30.2 Å². The summed E-state index contributed by atoms with van der Waals surface area (Å²) in [5.41, 5.74) is 0.517. The number of halogens is 1. The SMILES string of the molecule is COc1ccc(C(C(=O)O)N2CCNCC2)c(Cl)c1OC. The highest BCUT2D eigenvalue weighted by Crippen LogP contribution is 2.41. The van der Waals surface area contributed by atoms with E-state index in [2.05, 4.69) is 5.32 Å². The molecule has 1 fully saturated rings. The van der Waals surface area contributed by atoms with Gasteiger partial charge in [0.15, 0.2) is 11.5 Å². The first-order valence-corrected chi connectivity index (χ1v) is 7.06. The van der Waals surface area contributed by atoms with Gasteiger partial charge >= 0.3 is 5.97 Å². The molecule has 7 heteroatoms. The first-order chi connectivity index (χ1) is 10.1. The number of hydrogen-bond acceptors (Lipinski definition) is 5.